The normalized spacial score (nSPS) is 11.6. The number of hydrogen-bond donors (Lipinski definition) is 1. The van der Waals surface area contributed by atoms with Gasteiger partial charge >= 0.3 is 6.18 Å². The highest BCUT2D eigenvalue weighted by molar-refractivity contribution is 6.34. The molecule has 4 aromatic rings. The van der Waals surface area contributed by atoms with Crippen LogP contribution in [0.4, 0.5) is 18.9 Å². The smallest absolute Gasteiger partial charge is 0.416 e. The molecule has 0 spiro atoms. The van der Waals surface area contributed by atoms with E-state index in [2.05, 4.69) is 20.6 Å². The first-order valence-corrected chi connectivity index (χ1v) is 10.0. The van der Waals surface area contributed by atoms with Gasteiger partial charge in [-0.15, -0.1) is 10.2 Å². The number of carbonyl (C=O) groups excluding carboxylic acids is 1. The number of hydrogen-bond acceptors (Lipinski definition) is 5. The molecule has 0 aliphatic heterocycles. The third-order valence-corrected chi connectivity index (χ3v) is 5.40. The van der Waals surface area contributed by atoms with E-state index in [1.165, 1.54) is 4.52 Å². The van der Waals surface area contributed by atoms with Gasteiger partial charge in [-0.25, -0.2) is 4.52 Å². The Morgan fingerprint density at radius 3 is 2.55 bits per heavy atom. The highest BCUT2D eigenvalue weighted by Gasteiger charge is 2.31. The first-order valence-electron chi connectivity index (χ1n) is 9.66. The fraction of sp³-hybridized carbons (Fsp3) is 0.182. The van der Waals surface area contributed by atoms with E-state index in [4.69, 9.17) is 16.3 Å². The van der Waals surface area contributed by atoms with Gasteiger partial charge in [0.25, 0.3) is 5.91 Å². The van der Waals surface area contributed by atoms with E-state index in [-0.39, 0.29) is 16.4 Å². The van der Waals surface area contributed by atoms with E-state index in [1.807, 2.05) is 18.2 Å². The molecule has 33 heavy (non-hydrogen) atoms. The van der Waals surface area contributed by atoms with Crippen molar-refractivity contribution in [3.8, 4) is 16.9 Å². The van der Waals surface area contributed by atoms with Crippen molar-refractivity contribution in [3.05, 3.63) is 70.1 Å². The average molecular weight is 476 g/mol. The molecule has 1 amide bonds. The number of rotatable bonds is 4. The van der Waals surface area contributed by atoms with Crippen LogP contribution in [0.1, 0.15) is 27.4 Å². The first-order chi connectivity index (χ1) is 15.6. The lowest BCUT2D eigenvalue weighted by Gasteiger charge is -2.12. The number of para-hydroxylation sites is 1. The van der Waals surface area contributed by atoms with E-state index >= 15 is 0 Å². The molecule has 0 saturated heterocycles. The number of fused-ring (bicyclic) bond motifs is 1. The lowest BCUT2D eigenvalue weighted by Crippen LogP contribution is -2.19. The zero-order valence-electron chi connectivity index (χ0n) is 17.7. The number of halogens is 4. The summed E-state index contributed by atoms with van der Waals surface area (Å²) < 4.78 is 46.0. The monoisotopic (exact) mass is 475 g/mol. The number of benzene rings is 2. The number of nitrogens with one attached hydrogen (secondary N) is 1. The maximum Gasteiger partial charge on any atom is 0.416 e. The van der Waals surface area contributed by atoms with Gasteiger partial charge in [0.2, 0.25) is 0 Å². The largest absolute Gasteiger partial charge is 0.496 e. The van der Waals surface area contributed by atoms with Crippen LogP contribution in [0.5, 0.6) is 5.75 Å². The molecule has 0 saturated carbocycles. The first kappa shape index (κ1) is 22.5. The number of anilines is 1. The molecule has 170 valence electrons. The number of ether oxygens (including phenoxy) is 1. The van der Waals surface area contributed by atoms with E-state index in [0.29, 0.717) is 28.3 Å². The minimum atomic E-state index is -4.58. The van der Waals surface area contributed by atoms with Gasteiger partial charge in [-0.1, -0.05) is 29.8 Å². The highest BCUT2D eigenvalue weighted by Crippen LogP contribution is 2.35. The molecular formula is C22H17ClF3N5O2. The molecule has 0 fully saturated rings. The molecule has 0 radical (unpaired) electrons. The van der Waals surface area contributed by atoms with Gasteiger partial charge in [-0.05, 0) is 38.1 Å². The molecule has 7 nitrogen and oxygen atoms in total. The third-order valence-electron chi connectivity index (χ3n) is 5.07. The van der Waals surface area contributed by atoms with E-state index < -0.39 is 17.6 Å². The second-order valence-electron chi connectivity index (χ2n) is 7.18. The van der Waals surface area contributed by atoms with E-state index in [0.717, 1.165) is 23.8 Å². The SMILES string of the molecule is COc1ccccc1-c1c(C)nn2c(C)c(C(=O)Nc3cc(C(F)(F)F)ccc3Cl)nnc12. The lowest BCUT2D eigenvalue weighted by atomic mass is 10.1. The Balaban J connectivity index is 1.75. The van der Waals surface area contributed by atoms with Gasteiger partial charge in [-0.3, -0.25) is 4.79 Å². The number of alkyl halides is 3. The maximum absolute atomic E-state index is 13.0. The zero-order valence-corrected chi connectivity index (χ0v) is 18.4. The van der Waals surface area contributed by atoms with E-state index in [1.54, 1.807) is 27.0 Å². The fourth-order valence-electron chi connectivity index (χ4n) is 3.47. The van der Waals surface area contributed by atoms with Gasteiger partial charge in [0, 0.05) is 5.56 Å². The number of aromatic nitrogens is 4. The van der Waals surface area contributed by atoms with Crippen molar-refractivity contribution in [1.29, 1.82) is 0 Å². The van der Waals surface area contributed by atoms with Crippen molar-refractivity contribution < 1.29 is 22.7 Å². The van der Waals surface area contributed by atoms with Crippen LogP contribution in [0.15, 0.2) is 42.5 Å². The highest BCUT2D eigenvalue weighted by atomic mass is 35.5. The van der Waals surface area contributed by atoms with Gasteiger partial charge < -0.3 is 10.1 Å². The number of methoxy groups -OCH3 is 1. The average Bonchev–Trinajstić information content (AvgIpc) is 3.11. The molecule has 11 heteroatoms. The van der Waals surface area contributed by atoms with E-state index in [9.17, 15) is 18.0 Å². The molecule has 2 aromatic carbocycles. The molecule has 0 bridgehead atoms. The summed E-state index contributed by atoms with van der Waals surface area (Å²) in [6.07, 6.45) is -4.58. The van der Waals surface area contributed by atoms with Crippen molar-refractivity contribution in [1.82, 2.24) is 19.8 Å². The predicted octanol–water partition coefficient (Wildman–Crippen LogP) is 5.34. The maximum atomic E-state index is 13.0. The summed E-state index contributed by atoms with van der Waals surface area (Å²) in [5.74, 6) is -0.147. The summed E-state index contributed by atoms with van der Waals surface area (Å²) in [5.41, 5.74) is 1.60. The Morgan fingerprint density at radius 1 is 1.12 bits per heavy atom. The molecule has 1 N–H and O–H groups in total. The van der Waals surface area contributed by atoms with Crippen molar-refractivity contribution in [2.75, 3.05) is 12.4 Å². The Labute approximate surface area is 191 Å². The summed E-state index contributed by atoms with van der Waals surface area (Å²) >= 11 is 5.99. The third kappa shape index (κ3) is 4.09. The number of carbonyl (C=O) groups is 1. The molecule has 2 heterocycles. The van der Waals surface area contributed by atoms with Gasteiger partial charge in [0.05, 0.1) is 40.3 Å². The zero-order chi connectivity index (χ0) is 23.9. The van der Waals surface area contributed by atoms with Crippen LogP contribution in [0.3, 0.4) is 0 Å². The summed E-state index contributed by atoms with van der Waals surface area (Å²) in [6, 6.07) is 10.0. The number of aryl methyl sites for hydroxylation is 2. The fourth-order valence-corrected chi connectivity index (χ4v) is 3.63. The Kier molecular flexibility index (Phi) is 5.71. The topological polar surface area (TPSA) is 81.4 Å². The van der Waals surface area contributed by atoms with Crippen LogP contribution in [-0.4, -0.2) is 32.8 Å². The summed E-state index contributed by atoms with van der Waals surface area (Å²) in [4.78, 5) is 12.8. The predicted molar refractivity (Wildman–Crippen MR) is 117 cm³/mol. The summed E-state index contributed by atoms with van der Waals surface area (Å²) in [6.45, 7) is 3.40. The molecule has 0 aliphatic carbocycles. The second kappa shape index (κ2) is 8.36. The van der Waals surface area contributed by atoms with Crippen LogP contribution in [-0.2, 0) is 6.18 Å². The Bertz CT molecular complexity index is 1380. The molecule has 0 aliphatic rings. The van der Waals surface area contributed by atoms with Crippen LogP contribution in [0.2, 0.25) is 5.02 Å². The second-order valence-corrected chi connectivity index (χ2v) is 7.58. The van der Waals surface area contributed by atoms with Crippen molar-refractivity contribution >= 4 is 28.8 Å². The van der Waals surface area contributed by atoms with Gasteiger partial charge in [0.1, 0.15) is 5.75 Å². The molecule has 0 atom stereocenters. The molecule has 2 aromatic heterocycles. The number of nitrogens with zero attached hydrogens (tertiary/aromatic N) is 4. The van der Waals surface area contributed by atoms with Crippen LogP contribution in [0.25, 0.3) is 16.8 Å². The van der Waals surface area contributed by atoms with Crippen LogP contribution < -0.4 is 10.1 Å². The van der Waals surface area contributed by atoms with Crippen molar-refractivity contribution in [2.24, 2.45) is 0 Å². The standard InChI is InChI=1S/C22H17ClF3N5O2/c1-11-18(14-6-4-5-7-17(14)33-3)20-29-28-19(12(2)31(20)30-11)21(32)27-16-10-13(22(24,25)26)8-9-15(16)23/h4-10H,1-3H3,(H,27,32). The lowest BCUT2D eigenvalue weighted by molar-refractivity contribution is -0.137. The summed E-state index contributed by atoms with van der Waals surface area (Å²) in [7, 11) is 1.55. The summed E-state index contributed by atoms with van der Waals surface area (Å²) in [5, 5.41) is 15.0. The van der Waals surface area contributed by atoms with Gasteiger partial charge in [0.15, 0.2) is 11.3 Å². The van der Waals surface area contributed by atoms with Crippen molar-refractivity contribution in [3.63, 3.8) is 0 Å². The quantitative estimate of drug-likeness (QED) is 0.431. The van der Waals surface area contributed by atoms with Crippen molar-refractivity contribution in [2.45, 2.75) is 20.0 Å². The minimum Gasteiger partial charge on any atom is -0.496 e. The molecular weight excluding hydrogens is 459 g/mol. The Hall–Kier alpha value is -3.66. The number of amides is 1. The molecule has 0 unspecified atom stereocenters. The van der Waals surface area contributed by atoms with Gasteiger partial charge in [-0.2, -0.15) is 18.3 Å². The molecule has 4 rings (SSSR count). The van der Waals surface area contributed by atoms with Crippen LogP contribution >= 0.6 is 11.6 Å². The van der Waals surface area contributed by atoms with Crippen LogP contribution in [0, 0.1) is 13.8 Å². The minimum absolute atomic E-state index is 0.0450. The Morgan fingerprint density at radius 2 is 1.85 bits per heavy atom.